The summed E-state index contributed by atoms with van der Waals surface area (Å²) in [6.07, 6.45) is 2.38. The van der Waals surface area contributed by atoms with Crippen molar-refractivity contribution >= 4 is 0 Å². The van der Waals surface area contributed by atoms with Crippen LogP contribution in [0, 0.1) is 5.41 Å². The minimum absolute atomic E-state index is 0.256. The first kappa shape index (κ1) is 12.9. The number of rotatable bonds is 5. The highest BCUT2D eigenvalue weighted by molar-refractivity contribution is 4.87. The summed E-state index contributed by atoms with van der Waals surface area (Å²) >= 11 is 0. The van der Waals surface area contributed by atoms with Crippen LogP contribution in [0.2, 0.25) is 0 Å². The molecule has 1 saturated heterocycles. The molecule has 0 aromatic rings. The lowest BCUT2D eigenvalue weighted by atomic mass is 9.84. The Hall–Kier alpha value is -0.120. The Balaban J connectivity index is 2.52. The van der Waals surface area contributed by atoms with Gasteiger partial charge in [-0.15, -0.1) is 0 Å². The fourth-order valence-corrected chi connectivity index (χ4v) is 2.36. The lowest BCUT2D eigenvalue weighted by molar-refractivity contribution is 0.101. The van der Waals surface area contributed by atoms with Gasteiger partial charge in [-0.2, -0.15) is 0 Å². The molecule has 0 amide bonds. The molecule has 1 aliphatic rings. The van der Waals surface area contributed by atoms with Crippen molar-refractivity contribution in [1.29, 1.82) is 0 Å². The van der Waals surface area contributed by atoms with Crippen molar-refractivity contribution in [1.82, 2.24) is 10.2 Å². The fourth-order valence-electron chi connectivity index (χ4n) is 2.36. The normalized spacial score (nSPS) is 25.8. The first-order chi connectivity index (χ1) is 7.01. The fraction of sp³-hybridized carbons (Fsp3) is 1.00. The minimum atomic E-state index is 0.256. The van der Waals surface area contributed by atoms with Gasteiger partial charge in [0, 0.05) is 18.6 Å². The molecule has 0 radical (unpaired) electrons. The molecule has 0 bridgehead atoms. The van der Waals surface area contributed by atoms with E-state index in [0.717, 1.165) is 19.5 Å². The standard InChI is InChI=1S/C12H26N2O/c1-10(13-4)12(2,3)9-14-7-5-6-11(14)8-15/h10-11,13,15H,5-9H2,1-4H3. The van der Waals surface area contributed by atoms with Crippen LogP contribution in [-0.2, 0) is 0 Å². The molecule has 2 N–H and O–H groups in total. The van der Waals surface area contributed by atoms with Crippen LogP contribution in [0.3, 0.4) is 0 Å². The Kier molecular flexibility index (Phi) is 4.56. The molecule has 0 aromatic heterocycles. The lowest BCUT2D eigenvalue weighted by Crippen LogP contribution is -2.47. The Labute approximate surface area is 93.9 Å². The second-order valence-electron chi connectivity index (χ2n) is 5.45. The molecule has 0 saturated carbocycles. The molecule has 1 aliphatic heterocycles. The Morgan fingerprint density at radius 2 is 2.20 bits per heavy atom. The molecule has 0 aliphatic carbocycles. The van der Waals surface area contributed by atoms with E-state index < -0.39 is 0 Å². The van der Waals surface area contributed by atoms with Crippen molar-refractivity contribution in [2.45, 2.75) is 45.7 Å². The van der Waals surface area contributed by atoms with Crippen molar-refractivity contribution in [3.8, 4) is 0 Å². The number of nitrogens with zero attached hydrogens (tertiary/aromatic N) is 1. The topological polar surface area (TPSA) is 35.5 Å². The summed E-state index contributed by atoms with van der Waals surface area (Å²) in [6.45, 7) is 9.33. The Morgan fingerprint density at radius 3 is 2.73 bits per heavy atom. The van der Waals surface area contributed by atoms with Gasteiger partial charge >= 0.3 is 0 Å². The van der Waals surface area contributed by atoms with E-state index in [0.29, 0.717) is 18.7 Å². The van der Waals surface area contributed by atoms with E-state index in [1.54, 1.807) is 0 Å². The molecule has 3 heteroatoms. The third kappa shape index (κ3) is 3.16. The molecule has 90 valence electrons. The second kappa shape index (κ2) is 5.28. The number of hydrogen-bond acceptors (Lipinski definition) is 3. The summed E-state index contributed by atoms with van der Waals surface area (Å²) < 4.78 is 0. The van der Waals surface area contributed by atoms with Gasteiger partial charge in [0.1, 0.15) is 0 Å². The zero-order valence-corrected chi connectivity index (χ0v) is 10.6. The molecule has 2 unspecified atom stereocenters. The summed E-state index contributed by atoms with van der Waals surface area (Å²) in [6, 6.07) is 0.894. The van der Waals surface area contributed by atoms with Crippen LogP contribution in [0.25, 0.3) is 0 Å². The van der Waals surface area contributed by atoms with Crippen LogP contribution in [0.4, 0.5) is 0 Å². The maximum atomic E-state index is 9.27. The summed E-state index contributed by atoms with van der Waals surface area (Å²) in [5.74, 6) is 0. The largest absolute Gasteiger partial charge is 0.395 e. The van der Waals surface area contributed by atoms with Crippen LogP contribution in [0.5, 0.6) is 0 Å². The third-order valence-electron chi connectivity index (χ3n) is 3.93. The van der Waals surface area contributed by atoms with E-state index in [4.69, 9.17) is 0 Å². The van der Waals surface area contributed by atoms with Crippen LogP contribution in [-0.4, -0.2) is 48.8 Å². The summed E-state index contributed by atoms with van der Waals surface area (Å²) in [5, 5.41) is 12.6. The van der Waals surface area contributed by atoms with Gasteiger partial charge < -0.3 is 10.4 Å². The Bertz CT molecular complexity index is 194. The van der Waals surface area contributed by atoms with Crippen molar-refractivity contribution in [2.75, 3.05) is 26.7 Å². The van der Waals surface area contributed by atoms with Gasteiger partial charge in [-0.1, -0.05) is 13.8 Å². The molecular weight excluding hydrogens is 188 g/mol. The maximum Gasteiger partial charge on any atom is 0.0586 e. The molecule has 0 aromatic carbocycles. The number of aliphatic hydroxyl groups is 1. The molecule has 1 fully saturated rings. The van der Waals surface area contributed by atoms with Gasteiger partial charge in [0.05, 0.1) is 6.61 Å². The van der Waals surface area contributed by atoms with Crippen molar-refractivity contribution in [2.24, 2.45) is 5.41 Å². The monoisotopic (exact) mass is 214 g/mol. The molecule has 1 rings (SSSR count). The summed E-state index contributed by atoms with van der Waals surface area (Å²) in [7, 11) is 2.01. The highest BCUT2D eigenvalue weighted by Gasteiger charge is 2.32. The van der Waals surface area contributed by atoms with Crippen molar-refractivity contribution in [3.05, 3.63) is 0 Å². The van der Waals surface area contributed by atoms with E-state index in [1.165, 1.54) is 6.42 Å². The van der Waals surface area contributed by atoms with E-state index in [-0.39, 0.29) is 5.41 Å². The summed E-state index contributed by atoms with van der Waals surface area (Å²) in [4.78, 5) is 2.44. The zero-order chi connectivity index (χ0) is 11.5. The van der Waals surface area contributed by atoms with Gasteiger partial charge in [-0.3, -0.25) is 4.90 Å². The summed E-state index contributed by atoms with van der Waals surface area (Å²) in [5.41, 5.74) is 0.256. The molecule has 15 heavy (non-hydrogen) atoms. The quantitative estimate of drug-likeness (QED) is 0.719. The van der Waals surface area contributed by atoms with Gasteiger partial charge in [0.25, 0.3) is 0 Å². The van der Waals surface area contributed by atoms with Crippen LogP contribution >= 0.6 is 0 Å². The Morgan fingerprint density at radius 1 is 1.53 bits per heavy atom. The molecule has 2 atom stereocenters. The van der Waals surface area contributed by atoms with Gasteiger partial charge in [0.2, 0.25) is 0 Å². The predicted octanol–water partition coefficient (Wildman–Crippen LogP) is 1.08. The first-order valence-electron chi connectivity index (χ1n) is 6.03. The number of nitrogens with one attached hydrogen (secondary N) is 1. The average molecular weight is 214 g/mol. The highest BCUT2D eigenvalue weighted by atomic mass is 16.3. The van der Waals surface area contributed by atoms with Gasteiger partial charge in [-0.25, -0.2) is 0 Å². The van der Waals surface area contributed by atoms with E-state index in [9.17, 15) is 5.11 Å². The smallest absolute Gasteiger partial charge is 0.0586 e. The van der Waals surface area contributed by atoms with E-state index in [1.807, 2.05) is 7.05 Å². The van der Waals surface area contributed by atoms with Crippen molar-refractivity contribution < 1.29 is 5.11 Å². The zero-order valence-electron chi connectivity index (χ0n) is 10.6. The maximum absolute atomic E-state index is 9.27. The van der Waals surface area contributed by atoms with E-state index in [2.05, 4.69) is 31.0 Å². The third-order valence-corrected chi connectivity index (χ3v) is 3.93. The second-order valence-corrected chi connectivity index (χ2v) is 5.45. The van der Waals surface area contributed by atoms with Crippen LogP contribution in [0.15, 0.2) is 0 Å². The molecule has 3 nitrogen and oxygen atoms in total. The number of hydrogen-bond donors (Lipinski definition) is 2. The highest BCUT2D eigenvalue weighted by Crippen LogP contribution is 2.26. The first-order valence-corrected chi connectivity index (χ1v) is 6.03. The molecular formula is C12H26N2O. The number of aliphatic hydroxyl groups excluding tert-OH is 1. The molecule has 0 spiro atoms. The van der Waals surface area contributed by atoms with Crippen LogP contribution in [0.1, 0.15) is 33.6 Å². The van der Waals surface area contributed by atoms with Gasteiger partial charge in [-0.05, 0) is 38.8 Å². The molecule has 1 heterocycles. The van der Waals surface area contributed by atoms with Crippen molar-refractivity contribution in [3.63, 3.8) is 0 Å². The van der Waals surface area contributed by atoms with Crippen LogP contribution < -0.4 is 5.32 Å². The lowest BCUT2D eigenvalue weighted by Gasteiger charge is -2.37. The SMILES string of the molecule is CNC(C)C(C)(C)CN1CCCC1CO. The number of likely N-dealkylation sites (tertiary alicyclic amines) is 1. The minimum Gasteiger partial charge on any atom is -0.395 e. The van der Waals surface area contributed by atoms with E-state index >= 15 is 0 Å². The predicted molar refractivity (Wildman–Crippen MR) is 64.0 cm³/mol. The average Bonchev–Trinajstić information content (AvgIpc) is 2.63. The van der Waals surface area contributed by atoms with Gasteiger partial charge in [0.15, 0.2) is 0 Å².